The van der Waals surface area contributed by atoms with Crippen LogP contribution in [-0.4, -0.2) is 11.2 Å². The van der Waals surface area contributed by atoms with E-state index in [9.17, 15) is 0 Å². The van der Waals surface area contributed by atoms with E-state index in [1.54, 1.807) is 5.57 Å². The fourth-order valence-electron chi connectivity index (χ4n) is 5.35. The van der Waals surface area contributed by atoms with Gasteiger partial charge in [0.25, 0.3) is 0 Å². The van der Waals surface area contributed by atoms with Gasteiger partial charge < -0.3 is 4.74 Å². The molecule has 1 aromatic carbocycles. The highest BCUT2D eigenvalue weighted by molar-refractivity contribution is 5.35. The number of benzene rings is 1. The summed E-state index contributed by atoms with van der Waals surface area (Å²) in [4.78, 5) is 0. The van der Waals surface area contributed by atoms with Crippen LogP contribution in [0.15, 0.2) is 42.0 Å². The third-order valence-corrected chi connectivity index (χ3v) is 6.82. The van der Waals surface area contributed by atoms with Gasteiger partial charge in [-0.25, -0.2) is 0 Å². The van der Waals surface area contributed by atoms with Crippen molar-refractivity contribution in [2.45, 2.75) is 70.5 Å². The van der Waals surface area contributed by atoms with Crippen LogP contribution in [0.5, 0.6) is 0 Å². The highest BCUT2D eigenvalue weighted by Crippen LogP contribution is 2.64. The van der Waals surface area contributed by atoms with Crippen LogP contribution in [0.2, 0.25) is 0 Å². The van der Waals surface area contributed by atoms with Gasteiger partial charge in [0.15, 0.2) is 0 Å². The summed E-state index contributed by atoms with van der Waals surface area (Å²) in [6, 6.07) is 10.9. The van der Waals surface area contributed by atoms with E-state index in [1.165, 1.54) is 37.7 Å². The number of ether oxygens (including phenoxy) is 1. The van der Waals surface area contributed by atoms with Crippen molar-refractivity contribution < 1.29 is 4.74 Å². The van der Waals surface area contributed by atoms with Crippen molar-refractivity contribution in [3.05, 3.63) is 47.5 Å². The molecule has 1 aliphatic heterocycles. The zero-order valence-corrected chi connectivity index (χ0v) is 14.2. The first-order valence-electron chi connectivity index (χ1n) is 8.89. The van der Waals surface area contributed by atoms with Gasteiger partial charge in [-0.05, 0) is 69.4 Å². The molecule has 1 spiro atoms. The van der Waals surface area contributed by atoms with Crippen LogP contribution in [-0.2, 0) is 11.2 Å². The van der Waals surface area contributed by atoms with Gasteiger partial charge in [0.2, 0.25) is 0 Å². The molecule has 1 aromatic rings. The summed E-state index contributed by atoms with van der Waals surface area (Å²) < 4.78 is 6.88. The van der Waals surface area contributed by atoms with Crippen molar-refractivity contribution in [2.75, 3.05) is 0 Å². The fraction of sp³-hybridized carbons (Fsp3) is 0.619. The van der Waals surface area contributed by atoms with Crippen LogP contribution in [0.25, 0.3) is 0 Å². The van der Waals surface area contributed by atoms with E-state index < -0.39 is 0 Å². The maximum absolute atomic E-state index is 6.88. The predicted octanol–water partition coefficient (Wildman–Crippen LogP) is 5.30. The largest absolute Gasteiger partial charge is 0.364 e. The summed E-state index contributed by atoms with van der Waals surface area (Å²) in [6.07, 6.45) is 9.95. The van der Waals surface area contributed by atoms with Gasteiger partial charge in [-0.15, -0.1) is 0 Å². The molecule has 1 saturated carbocycles. The molecule has 4 rings (SSSR count). The monoisotopic (exact) mass is 296 g/mol. The Morgan fingerprint density at radius 1 is 1.09 bits per heavy atom. The number of rotatable bonds is 2. The molecule has 0 unspecified atom stereocenters. The molecule has 2 fully saturated rings. The Hall–Kier alpha value is -1.08. The maximum atomic E-state index is 6.88. The lowest BCUT2D eigenvalue weighted by atomic mass is 9.55. The van der Waals surface area contributed by atoms with Crippen LogP contribution < -0.4 is 0 Å². The van der Waals surface area contributed by atoms with Crippen molar-refractivity contribution >= 4 is 0 Å². The first-order valence-corrected chi connectivity index (χ1v) is 8.89. The number of fused-ring (bicyclic) bond motifs is 1. The van der Waals surface area contributed by atoms with E-state index in [2.05, 4.69) is 57.2 Å². The highest BCUT2D eigenvalue weighted by atomic mass is 16.5. The Balaban J connectivity index is 1.74. The molecule has 1 heterocycles. The van der Waals surface area contributed by atoms with Crippen LogP contribution in [0.1, 0.15) is 58.4 Å². The SMILES string of the molecule is CC1(C)O[C@]23C[C@H]1CC[C@]2(C)CCC=C3Cc1ccccc1. The van der Waals surface area contributed by atoms with Gasteiger partial charge in [-0.1, -0.05) is 43.3 Å². The Morgan fingerprint density at radius 2 is 1.86 bits per heavy atom. The van der Waals surface area contributed by atoms with E-state index in [4.69, 9.17) is 4.74 Å². The van der Waals surface area contributed by atoms with E-state index in [-0.39, 0.29) is 11.2 Å². The van der Waals surface area contributed by atoms with Gasteiger partial charge in [0, 0.05) is 5.41 Å². The summed E-state index contributed by atoms with van der Waals surface area (Å²) >= 11 is 0. The topological polar surface area (TPSA) is 9.23 Å². The molecule has 3 aliphatic rings. The first kappa shape index (κ1) is 14.5. The summed E-state index contributed by atoms with van der Waals surface area (Å²) in [6.45, 7) is 7.11. The van der Waals surface area contributed by atoms with Gasteiger partial charge >= 0.3 is 0 Å². The summed E-state index contributed by atoms with van der Waals surface area (Å²) in [5.41, 5.74) is 3.33. The quantitative estimate of drug-likeness (QED) is 0.673. The van der Waals surface area contributed by atoms with Crippen LogP contribution in [0.4, 0.5) is 0 Å². The second-order valence-corrected chi connectivity index (χ2v) is 8.46. The van der Waals surface area contributed by atoms with Gasteiger partial charge in [-0.2, -0.15) is 0 Å². The van der Waals surface area contributed by atoms with Gasteiger partial charge in [-0.3, -0.25) is 0 Å². The predicted molar refractivity (Wildman–Crippen MR) is 90.8 cm³/mol. The lowest BCUT2D eigenvalue weighted by Gasteiger charge is -2.52. The average molecular weight is 296 g/mol. The third-order valence-electron chi connectivity index (χ3n) is 6.82. The molecule has 3 atom stereocenters. The van der Waals surface area contributed by atoms with Crippen LogP contribution in [0, 0.1) is 11.3 Å². The van der Waals surface area contributed by atoms with Gasteiger partial charge in [0.1, 0.15) is 0 Å². The molecule has 0 amide bonds. The molecular formula is C21H28O. The van der Waals surface area contributed by atoms with E-state index >= 15 is 0 Å². The zero-order chi connectivity index (χ0) is 15.4. The zero-order valence-electron chi connectivity index (χ0n) is 14.2. The van der Waals surface area contributed by atoms with E-state index in [0.29, 0.717) is 5.41 Å². The second-order valence-electron chi connectivity index (χ2n) is 8.46. The van der Waals surface area contributed by atoms with E-state index in [1.807, 2.05) is 0 Å². The van der Waals surface area contributed by atoms with E-state index in [0.717, 1.165) is 12.3 Å². The molecule has 2 aliphatic carbocycles. The minimum absolute atomic E-state index is 0.00644. The second kappa shape index (κ2) is 4.71. The van der Waals surface area contributed by atoms with Crippen LogP contribution in [0.3, 0.4) is 0 Å². The Kier molecular flexibility index (Phi) is 3.10. The van der Waals surface area contributed by atoms with Crippen molar-refractivity contribution in [1.29, 1.82) is 0 Å². The molecule has 1 heteroatoms. The fourth-order valence-corrected chi connectivity index (χ4v) is 5.35. The normalized spacial score (nSPS) is 39.2. The van der Waals surface area contributed by atoms with Crippen molar-refractivity contribution in [3.63, 3.8) is 0 Å². The number of hydrogen-bond acceptors (Lipinski definition) is 1. The minimum atomic E-state index is -0.00644. The molecular weight excluding hydrogens is 268 g/mol. The summed E-state index contributed by atoms with van der Waals surface area (Å²) in [5.74, 6) is 0.720. The Labute approximate surface area is 134 Å². The van der Waals surface area contributed by atoms with Gasteiger partial charge in [0.05, 0.1) is 11.2 Å². The smallest absolute Gasteiger partial charge is 0.0959 e. The van der Waals surface area contributed by atoms with Crippen molar-refractivity contribution in [1.82, 2.24) is 0 Å². The molecule has 0 radical (unpaired) electrons. The Bertz CT molecular complexity index is 600. The number of allylic oxidation sites excluding steroid dienone is 1. The standard InChI is InChI=1S/C21H28O/c1-19(2)18-11-13-20(3)12-7-10-17(21(20,15-18)22-19)14-16-8-5-4-6-9-16/h4-6,8-10,18H,7,11-15H2,1-3H3/t18-,20+,21+/m1/s1. The lowest BCUT2D eigenvalue weighted by Crippen LogP contribution is -2.52. The maximum Gasteiger partial charge on any atom is 0.0959 e. The third kappa shape index (κ3) is 1.94. The number of hydrogen-bond donors (Lipinski definition) is 0. The van der Waals surface area contributed by atoms with Crippen molar-refractivity contribution in [2.24, 2.45) is 11.3 Å². The molecule has 2 bridgehead atoms. The molecule has 1 nitrogen and oxygen atoms in total. The molecule has 22 heavy (non-hydrogen) atoms. The Morgan fingerprint density at radius 3 is 2.64 bits per heavy atom. The molecule has 1 saturated heterocycles. The molecule has 0 aromatic heterocycles. The lowest BCUT2D eigenvalue weighted by molar-refractivity contribution is -0.132. The molecule has 118 valence electrons. The summed E-state index contributed by atoms with van der Waals surface area (Å²) in [7, 11) is 0. The van der Waals surface area contributed by atoms with Crippen LogP contribution >= 0.6 is 0 Å². The highest BCUT2D eigenvalue weighted by Gasteiger charge is 2.64. The average Bonchev–Trinajstić information content (AvgIpc) is 2.72. The van der Waals surface area contributed by atoms with Crippen molar-refractivity contribution in [3.8, 4) is 0 Å². The summed E-state index contributed by atoms with van der Waals surface area (Å²) in [5, 5.41) is 0. The first-order chi connectivity index (χ1) is 10.5. The minimum Gasteiger partial charge on any atom is -0.364 e. The molecule has 0 N–H and O–H groups in total.